The van der Waals surface area contributed by atoms with Crippen LogP contribution in [0.5, 0.6) is 0 Å². The molecule has 1 aliphatic heterocycles. The van der Waals surface area contributed by atoms with Crippen LogP contribution in [0.15, 0.2) is 35.3 Å². The average molecular weight is 444 g/mol. The van der Waals surface area contributed by atoms with Crippen LogP contribution >= 0.6 is 24.0 Å². The van der Waals surface area contributed by atoms with E-state index in [0.717, 1.165) is 32.0 Å². The monoisotopic (exact) mass is 444 g/mol. The van der Waals surface area contributed by atoms with Crippen molar-refractivity contribution in [3.05, 3.63) is 35.9 Å². The second kappa shape index (κ2) is 10.5. The Morgan fingerprint density at radius 2 is 2.08 bits per heavy atom. The number of likely N-dealkylation sites (tertiary alicyclic amines) is 1. The smallest absolute Gasteiger partial charge is 0.222 e. The second-order valence-electron chi connectivity index (χ2n) is 6.09. The molecule has 2 atom stereocenters. The Hall–Kier alpha value is -1.31. The molecule has 1 saturated heterocycles. The molecule has 134 valence electrons. The van der Waals surface area contributed by atoms with Gasteiger partial charge >= 0.3 is 0 Å². The standard InChI is InChI=1S/C18H28N4O.HI/c1-4-17(23)22-11-10-16(13-22)21-18(19-3)20-12-14(2)15-8-6-5-7-9-15;/h5-9,14,16H,4,10-13H2,1-3H3,(H2,19,20,21);1H. The maximum atomic E-state index is 11.7. The van der Waals surface area contributed by atoms with Crippen LogP contribution < -0.4 is 10.6 Å². The highest BCUT2D eigenvalue weighted by molar-refractivity contribution is 14.0. The lowest BCUT2D eigenvalue weighted by atomic mass is 10.0. The Morgan fingerprint density at radius 3 is 2.71 bits per heavy atom. The van der Waals surface area contributed by atoms with E-state index in [1.54, 1.807) is 7.05 Å². The normalized spacial score (nSPS) is 18.7. The number of hydrogen-bond donors (Lipinski definition) is 2. The van der Waals surface area contributed by atoms with Crippen LogP contribution in [-0.2, 0) is 4.79 Å². The molecular formula is C18H29IN4O. The molecule has 1 heterocycles. The van der Waals surface area contributed by atoms with Crippen molar-refractivity contribution >= 4 is 35.8 Å². The molecule has 1 aromatic rings. The Labute approximate surface area is 162 Å². The van der Waals surface area contributed by atoms with Gasteiger partial charge in [-0.15, -0.1) is 24.0 Å². The third-order valence-corrected chi connectivity index (χ3v) is 4.35. The number of rotatable bonds is 5. The Bertz CT molecular complexity index is 535. The second-order valence-corrected chi connectivity index (χ2v) is 6.09. The third-order valence-electron chi connectivity index (χ3n) is 4.35. The van der Waals surface area contributed by atoms with Gasteiger partial charge in [0.15, 0.2) is 5.96 Å². The molecule has 24 heavy (non-hydrogen) atoms. The zero-order valence-electron chi connectivity index (χ0n) is 14.8. The number of amides is 1. The van der Waals surface area contributed by atoms with E-state index in [-0.39, 0.29) is 35.9 Å². The van der Waals surface area contributed by atoms with Gasteiger partial charge in [-0.2, -0.15) is 0 Å². The van der Waals surface area contributed by atoms with Crippen molar-refractivity contribution in [1.29, 1.82) is 0 Å². The number of halogens is 1. The number of nitrogens with one attached hydrogen (secondary N) is 2. The number of nitrogens with zero attached hydrogens (tertiary/aromatic N) is 2. The molecule has 1 fully saturated rings. The highest BCUT2D eigenvalue weighted by atomic mass is 127. The van der Waals surface area contributed by atoms with Gasteiger partial charge in [0, 0.05) is 39.1 Å². The van der Waals surface area contributed by atoms with Crippen molar-refractivity contribution in [1.82, 2.24) is 15.5 Å². The van der Waals surface area contributed by atoms with Crippen molar-refractivity contribution < 1.29 is 4.79 Å². The van der Waals surface area contributed by atoms with Crippen molar-refractivity contribution in [2.24, 2.45) is 4.99 Å². The van der Waals surface area contributed by atoms with Gasteiger partial charge in [-0.05, 0) is 17.9 Å². The summed E-state index contributed by atoms with van der Waals surface area (Å²) >= 11 is 0. The highest BCUT2D eigenvalue weighted by Crippen LogP contribution is 2.13. The quantitative estimate of drug-likeness (QED) is 0.417. The van der Waals surface area contributed by atoms with Crippen LogP contribution in [0.1, 0.15) is 38.2 Å². The van der Waals surface area contributed by atoms with E-state index < -0.39 is 0 Å². The predicted molar refractivity (Wildman–Crippen MR) is 110 cm³/mol. The molecule has 2 rings (SSSR count). The average Bonchev–Trinajstić information content (AvgIpc) is 3.06. The summed E-state index contributed by atoms with van der Waals surface area (Å²) in [5.41, 5.74) is 1.32. The molecule has 5 nitrogen and oxygen atoms in total. The molecule has 1 aromatic carbocycles. The van der Waals surface area contributed by atoms with E-state index in [1.807, 2.05) is 17.9 Å². The summed E-state index contributed by atoms with van der Waals surface area (Å²) in [6.07, 6.45) is 1.55. The largest absolute Gasteiger partial charge is 0.356 e. The summed E-state index contributed by atoms with van der Waals surface area (Å²) < 4.78 is 0. The Kier molecular flexibility index (Phi) is 9.10. The van der Waals surface area contributed by atoms with Crippen molar-refractivity contribution in [3.8, 4) is 0 Å². The maximum absolute atomic E-state index is 11.7. The first-order valence-electron chi connectivity index (χ1n) is 8.44. The number of aliphatic imine (C=N–C) groups is 1. The van der Waals surface area contributed by atoms with Crippen LogP contribution in [-0.4, -0.2) is 49.5 Å². The third kappa shape index (κ3) is 5.96. The molecule has 0 saturated carbocycles. The van der Waals surface area contributed by atoms with E-state index >= 15 is 0 Å². The molecule has 2 N–H and O–H groups in total. The molecule has 0 spiro atoms. The zero-order chi connectivity index (χ0) is 16.7. The van der Waals surface area contributed by atoms with Crippen LogP contribution in [0.2, 0.25) is 0 Å². The minimum Gasteiger partial charge on any atom is -0.356 e. The number of benzene rings is 1. The summed E-state index contributed by atoms with van der Waals surface area (Å²) in [6, 6.07) is 10.7. The number of guanidine groups is 1. The number of carbonyl (C=O) groups excluding carboxylic acids is 1. The van der Waals surface area contributed by atoms with E-state index in [2.05, 4.69) is 46.8 Å². The van der Waals surface area contributed by atoms with Crippen LogP contribution in [0.4, 0.5) is 0 Å². The summed E-state index contributed by atoms with van der Waals surface area (Å²) in [6.45, 7) is 6.54. The van der Waals surface area contributed by atoms with Crippen molar-refractivity contribution in [2.45, 2.75) is 38.6 Å². The summed E-state index contributed by atoms with van der Waals surface area (Å²) in [4.78, 5) is 18.0. The van der Waals surface area contributed by atoms with Gasteiger partial charge in [0.1, 0.15) is 0 Å². The van der Waals surface area contributed by atoms with E-state index in [1.165, 1.54) is 5.56 Å². The minimum absolute atomic E-state index is 0. The Morgan fingerprint density at radius 1 is 1.38 bits per heavy atom. The molecule has 0 aromatic heterocycles. The first-order valence-corrected chi connectivity index (χ1v) is 8.44. The summed E-state index contributed by atoms with van der Waals surface area (Å²) in [5.74, 6) is 1.45. The van der Waals surface area contributed by atoms with E-state index in [0.29, 0.717) is 12.3 Å². The fourth-order valence-electron chi connectivity index (χ4n) is 2.87. The van der Waals surface area contributed by atoms with Gasteiger partial charge in [-0.25, -0.2) is 0 Å². The first-order chi connectivity index (χ1) is 11.1. The molecule has 1 aliphatic rings. The van der Waals surface area contributed by atoms with Gasteiger partial charge in [-0.1, -0.05) is 44.2 Å². The molecule has 2 unspecified atom stereocenters. The van der Waals surface area contributed by atoms with Gasteiger partial charge < -0.3 is 15.5 Å². The molecule has 6 heteroatoms. The lowest BCUT2D eigenvalue weighted by Gasteiger charge is -2.20. The lowest BCUT2D eigenvalue weighted by molar-refractivity contribution is -0.129. The topological polar surface area (TPSA) is 56.7 Å². The van der Waals surface area contributed by atoms with Crippen LogP contribution in [0.25, 0.3) is 0 Å². The fraction of sp³-hybridized carbons (Fsp3) is 0.556. The number of hydrogen-bond acceptors (Lipinski definition) is 2. The molecular weight excluding hydrogens is 415 g/mol. The number of carbonyl (C=O) groups is 1. The maximum Gasteiger partial charge on any atom is 0.222 e. The Balaban J connectivity index is 0.00000288. The summed E-state index contributed by atoms with van der Waals surface area (Å²) in [7, 11) is 1.78. The minimum atomic E-state index is 0. The molecule has 0 bridgehead atoms. The lowest BCUT2D eigenvalue weighted by Crippen LogP contribution is -2.45. The zero-order valence-corrected chi connectivity index (χ0v) is 17.1. The van der Waals surface area contributed by atoms with E-state index in [9.17, 15) is 4.79 Å². The predicted octanol–water partition coefficient (Wildman–Crippen LogP) is 2.58. The molecule has 0 radical (unpaired) electrons. The van der Waals surface area contributed by atoms with E-state index in [4.69, 9.17) is 0 Å². The highest BCUT2D eigenvalue weighted by Gasteiger charge is 2.25. The first kappa shape index (κ1) is 20.7. The van der Waals surface area contributed by atoms with Gasteiger partial charge in [0.2, 0.25) is 5.91 Å². The van der Waals surface area contributed by atoms with Gasteiger partial charge in [0.05, 0.1) is 0 Å². The molecule has 0 aliphatic carbocycles. The van der Waals surface area contributed by atoms with Gasteiger partial charge in [-0.3, -0.25) is 9.79 Å². The summed E-state index contributed by atoms with van der Waals surface area (Å²) in [5, 5.41) is 6.81. The van der Waals surface area contributed by atoms with Crippen LogP contribution in [0, 0.1) is 0 Å². The SMILES string of the molecule is CCC(=O)N1CCC(NC(=NC)NCC(C)c2ccccc2)C1.I. The fourth-order valence-corrected chi connectivity index (χ4v) is 2.87. The van der Waals surface area contributed by atoms with Crippen molar-refractivity contribution in [3.63, 3.8) is 0 Å². The van der Waals surface area contributed by atoms with Gasteiger partial charge in [0.25, 0.3) is 0 Å². The molecule has 1 amide bonds. The van der Waals surface area contributed by atoms with Crippen LogP contribution in [0.3, 0.4) is 0 Å². The van der Waals surface area contributed by atoms with Crippen molar-refractivity contribution in [2.75, 3.05) is 26.7 Å².